The van der Waals surface area contributed by atoms with Crippen LogP contribution in [-0.4, -0.2) is 12.0 Å². The zero-order valence-electron chi connectivity index (χ0n) is 5.96. The van der Waals surface area contributed by atoms with Crippen LogP contribution in [0.4, 0.5) is 0 Å². The molecule has 2 heteroatoms. The standard InChI is InChI=1S/C6H14ClN/c1-5(2)6(3,7)8-4/h5,8H,1-4H3. The van der Waals surface area contributed by atoms with E-state index in [1.54, 1.807) is 0 Å². The van der Waals surface area contributed by atoms with E-state index in [9.17, 15) is 0 Å². The Bertz CT molecular complexity index is 68.9. The second-order valence-corrected chi connectivity index (χ2v) is 3.27. The highest BCUT2D eigenvalue weighted by molar-refractivity contribution is 6.23. The lowest BCUT2D eigenvalue weighted by Gasteiger charge is -2.25. The van der Waals surface area contributed by atoms with Crippen molar-refractivity contribution in [1.82, 2.24) is 5.32 Å². The number of hydrogen-bond acceptors (Lipinski definition) is 1. The maximum absolute atomic E-state index is 5.94. The van der Waals surface area contributed by atoms with Gasteiger partial charge in [-0.25, -0.2) is 0 Å². The average Bonchev–Trinajstić information content (AvgIpc) is 1.67. The zero-order valence-corrected chi connectivity index (χ0v) is 6.71. The molecule has 0 spiro atoms. The van der Waals surface area contributed by atoms with E-state index in [1.807, 2.05) is 14.0 Å². The van der Waals surface area contributed by atoms with Crippen molar-refractivity contribution in [3.8, 4) is 0 Å². The van der Waals surface area contributed by atoms with Gasteiger partial charge >= 0.3 is 0 Å². The van der Waals surface area contributed by atoms with Gasteiger partial charge in [0.2, 0.25) is 0 Å². The molecular weight excluding hydrogens is 122 g/mol. The summed E-state index contributed by atoms with van der Waals surface area (Å²) in [7, 11) is 1.87. The van der Waals surface area contributed by atoms with Crippen LogP contribution in [0, 0.1) is 5.92 Å². The Hall–Kier alpha value is 0.250. The maximum atomic E-state index is 5.94. The summed E-state index contributed by atoms with van der Waals surface area (Å²) >= 11 is 5.94. The topological polar surface area (TPSA) is 12.0 Å². The van der Waals surface area contributed by atoms with Crippen molar-refractivity contribution in [2.75, 3.05) is 7.05 Å². The average molecular weight is 136 g/mol. The molecule has 50 valence electrons. The van der Waals surface area contributed by atoms with Gasteiger partial charge in [-0.15, -0.1) is 11.6 Å². The molecule has 0 saturated heterocycles. The van der Waals surface area contributed by atoms with Gasteiger partial charge in [0.05, 0.1) is 5.00 Å². The molecule has 0 aliphatic rings. The first-order chi connectivity index (χ1) is 3.50. The summed E-state index contributed by atoms with van der Waals surface area (Å²) in [4.78, 5) is -0.236. The van der Waals surface area contributed by atoms with Gasteiger partial charge in [0.1, 0.15) is 0 Å². The first-order valence-electron chi connectivity index (χ1n) is 2.88. The molecule has 0 aromatic heterocycles. The fraction of sp³-hybridized carbons (Fsp3) is 1.00. The Kier molecular flexibility index (Phi) is 2.78. The molecule has 0 radical (unpaired) electrons. The van der Waals surface area contributed by atoms with Crippen molar-refractivity contribution in [1.29, 1.82) is 0 Å². The third-order valence-electron chi connectivity index (χ3n) is 1.57. The lowest BCUT2D eigenvalue weighted by atomic mass is 10.1. The SMILES string of the molecule is CNC(C)(Cl)C(C)C. The summed E-state index contributed by atoms with van der Waals surface area (Å²) in [6.07, 6.45) is 0. The molecule has 0 fully saturated rings. The van der Waals surface area contributed by atoms with Gasteiger partial charge in [-0.3, -0.25) is 0 Å². The van der Waals surface area contributed by atoms with Crippen molar-refractivity contribution in [2.45, 2.75) is 25.8 Å². The molecule has 0 aromatic rings. The summed E-state index contributed by atoms with van der Waals surface area (Å²) in [6, 6.07) is 0. The number of rotatable bonds is 2. The highest BCUT2D eigenvalue weighted by Crippen LogP contribution is 2.19. The van der Waals surface area contributed by atoms with E-state index >= 15 is 0 Å². The van der Waals surface area contributed by atoms with Crippen LogP contribution in [-0.2, 0) is 0 Å². The van der Waals surface area contributed by atoms with E-state index in [0.29, 0.717) is 5.92 Å². The summed E-state index contributed by atoms with van der Waals surface area (Å²) in [6.45, 7) is 6.15. The number of nitrogens with one attached hydrogen (secondary N) is 1. The molecule has 0 aromatic carbocycles. The normalized spacial score (nSPS) is 18.8. The highest BCUT2D eigenvalue weighted by Gasteiger charge is 2.21. The van der Waals surface area contributed by atoms with Crippen molar-refractivity contribution in [3.63, 3.8) is 0 Å². The highest BCUT2D eigenvalue weighted by atomic mass is 35.5. The van der Waals surface area contributed by atoms with Crippen LogP contribution in [0.15, 0.2) is 0 Å². The molecule has 8 heavy (non-hydrogen) atoms. The molecule has 0 bridgehead atoms. The Labute approximate surface area is 56.4 Å². The van der Waals surface area contributed by atoms with Gasteiger partial charge in [0.25, 0.3) is 0 Å². The van der Waals surface area contributed by atoms with Crippen LogP contribution >= 0.6 is 11.6 Å². The predicted octanol–water partition coefficient (Wildman–Crippen LogP) is 1.82. The van der Waals surface area contributed by atoms with Crippen LogP contribution in [0.1, 0.15) is 20.8 Å². The minimum Gasteiger partial charge on any atom is -0.302 e. The van der Waals surface area contributed by atoms with Crippen LogP contribution < -0.4 is 5.32 Å². The molecule has 1 unspecified atom stereocenters. The third kappa shape index (κ3) is 2.01. The lowest BCUT2D eigenvalue weighted by Crippen LogP contribution is -2.38. The third-order valence-corrected chi connectivity index (χ3v) is 2.20. The number of alkyl halides is 1. The van der Waals surface area contributed by atoms with E-state index in [-0.39, 0.29) is 5.00 Å². The van der Waals surface area contributed by atoms with Crippen LogP contribution in [0.25, 0.3) is 0 Å². The fourth-order valence-corrected chi connectivity index (χ4v) is 0.289. The van der Waals surface area contributed by atoms with Gasteiger partial charge in [0.15, 0.2) is 0 Å². The van der Waals surface area contributed by atoms with Crippen molar-refractivity contribution < 1.29 is 0 Å². The second kappa shape index (κ2) is 2.70. The molecule has 1 nitrogen and oxygen atoms in total. The van der Waals surface area contributed by atoms with Gasteiger partial charge < -0.3 is 5.32 Å². The Morgan fingerprint density at radius 1 is 1.50 bits per heavy atom. The van der Waals surface area contributed by atoms with Crippen LogP contribution in [0.3, 0.4) is 0 Å². The first kappa shape index (κ1) is 8.25. The molecule has 0 rings (SSSR count). The smallest absolute Gasteiger partial charge is 0.0927 e. The zero-order chi connectivity index (χ0) is 6.78. The minimum atomic E-state index is -0.236. The van der Waals surface area contributed by atoms with Crippen molar-refractivity contribution in [2.24, 2.45) is 5.92 Å². The molecule has 0 heterocycles. The predicted molar refractivity (Wildman–Crippen MR) is 38.2 cm³/mol. The molecule has 0 saturated carbocycles. The first-order valence-corrected chi connectivity index (χ1v) is 3.26. The molecule has 0 amide bonds. The van der Waals surface area contributed by atoms with E-state index < -0.39 is 0 Å². The molecule has 0 aliphatic carbocycles. The van der Waals surface area contributed by atoms with E-state index in [0.717, 1.165) is 0 Å². The van der Waals surface area contributed by atoms with E-state index in [4.69, 9.17) is 11.6 Å². The minimum absolute atomic E-state index is 0.236. The summed E-state index contributed by atoms with van der Waals surface area (Å²) in [5, 5.41) is 3.01. The summed E-state index contributed by atoms with van der Waals surface area (Å²) in [5.74, 6) is 0.467. The Balaban J connectivity index is 3.71. The number of halogens is 1. The van der Waals surface area contributed by atoms with Crippen LogP contribution in [0.5, 0.6) is 0 Å². The monoisotopic (exact) mass is 135 g/mol. The number of hydrogen-bond donors (Lipinski definition) is 1. The summed E-state index contributed by atoms with van der Waals surface area (Å²) < 4.78 is 0. The summed E-state index contributed by atoms with van der Waals surface area (Å²) in [5.41, 5.74) is 0. The quantitative estimate of drug-likeness (QED) is 0.450. The second-order valence-electron chi connectivity index (χ2n) is 2.48. The largest absolute Gasteiger partial charge is 0.302 e. The van der Waals surface area contributed by atoms with Gasteiger partial charge in [-0.2, -0.15) is 0 Å². The molecule has 1 atom stereocenters. The van der Waals surface area contributed by atoms with Crippen LogP contribution in [0.2, 0.25) is 0 Å². The Morgan fingerprint density at radius 3 is 1.88 bits per heavy atom. The van der Waals surface area contributed by atoms with Crippen molar-refractivity contribution in [3.05, 3.63) is 0 Å². The molecule has 1 N–H and O–H groups in total. The van der Waals surface area contributed by atoms with E-state index in [1.165, 1.54) is 0 Å². The van der Waals surface area contributed by atoms with Gasteiger partial charge in [-0.05, 0) is 19.9 Å². The lowest BCUT2D eigenvalue weighted by molar-refractivity contribution is 0.403. The molecule has 0 aliphatic heterocycles. The van der Waals surface area contributed by atoms with Gasteiger partial charge in [0, 0.05) is 0 Å². The fourth-order valence-electron chi connectivity index (χ4n) is 0.289. The molecular formula is C6H14ClN. The van der Waals surface area contributed by atoms with Gasteiger partial charge in [-0.1, -0.05) is 13.8 Å². The maximum Gasteiger partial charge on any atom is 0.0927 e. The Morgan fingerprint density at radius 2 is 1.88 bits per heavy atom. The van der Waals surface area contributed by atoms with E-state index in [2.05, 4.69) is 19.2 Å². The van der Waals surface area contributed by atoms with Crippen molar-refractivity contribution >= 4 is 11.6 Å².